The first-order valence-corrected chi connectivity index (χ1v) is 6.33. The number of hydrogen-bond donors (Lipinski definition) is 1. The predicted octanol–water partition coefficient (Wildman–Crippen LogP) is 2.35. The standard InChI is InChI=1S/C14H20N4/c1-4-5-18-9-13(8-16-18)14(15)12-6-10(2)17-11(3)7-12/h6-9,14H,4-5,15H2,1-3H3. The van der Waals surface area contributed by atoms with E-state index in [0.717, 1.165) is 35.5 Å². The highest BCUT2D eigenvalue weighted by Crippen LogP contribution is 2.20. The molecular formula is C14H20N4. The molecule has 2 heterocycles. The molecule has 4 nitrogen and oxygen atoms in total. The van der Waals surface area contributed by atoms with Gasteiger partial charge in [-0.05, 0) is 38.0 Å². The summed E-state index contributed by atoms with van der Waals surface area (Å²) in [5.41, 5.74) is 10.4. The van der Waals surface area contributed by atoms with E-state index in [-0.39, 0.29) is 6.04 Å². The molecule has 2 N–H and O–H groups in total. The Kier molecular flexibility index (Phi) is 3.77. The third kappa shape index (κ3) is 2.76. The molecule has 0 aliphatic rings. The van der Waals surface area contributed by atoms with Gasteiger partial charge >= 0.3 is 0 Å². The van der Waals surface area contributed by atoms with E-state index in [4.69, 9.17) is 5.73 Å². The average molecular weight is 244 g/mol. The lowest BCUT2D eigenvalue weighted by molar-refractivity contribution is 0.602. The van der Waals surface area contributed by atoms with E-state index >= 15 is 0 Å². The van der Waals surface area contributed by atoms with Crippen molar-refractivity contribution in [3.05, 3.63) is 47.0 Å². The van der Waals surface area contributed by atoms with Gasteiger partial charge in [-0.2, -0.15) is 5.10 Å². The predicted molar refractivity (Wildman–Crippen MR) is 72.3 cm³/mol. The maximum absolute atomic E-state index is 6.28. The molecule has 1 unspecified atom stereocenters. The highest BCUT2D eigenvalue weighted by molar-refractivity contribution is 5.30. The van der Waals surface area contributed by atoms with Crippen molar-refractivity contribution in [1.29, 1.82) is 0 Å². The topological polar surface area (TPSA) is 56.7 Å². The van der Waals surface area contributed by atoms with Crippen molar-refractivity contribution in [1.82, 2.24) is 14.8 Å². The monoisotopic (exact) mass is 244 g/mol. The van der Waals surface area contributed by atoms with Gasteiger partial charge in [0.05, 0.1) is 12.2 Å². The molecule has 0 bridgehead atoms. The normalized spacial score (nSPS) is 12.7. The van der Waals surface area contributed by atoms with E-state index in [1.807, 2.05) is 43.1 Å². The smallest absolute Gasteiger partial charge is 0.0584 e. The fourth-order valence-corrected chi connectivity index (χ4v) is 2.13. The van der Waals surface area contributed by atoms with Gasteiger partial charge in [0.1, 0.15) is 0 Å². The molecule has 0 aliphatic carbocycles. The largest absolute Gasteiger partial charge is 0.320 e. The minimum atomic E-state index is -0.129. The van der Waals surface area contributed by atoms with Crippen LogP contribution in [0.25, 0.3) is 0 Å². The molecule has 0 saturated carbocycles. The van der Waals surface area contributed by atoms with Crippen LogP contribution in [-0.4, -0.2) is 14.8 Å². The molecule has 4 heteroatoms. The van der Waals surface area contributed by atoms with E-state index < -0.39 is 0 Å². The zero-order valence-electron chi connectivity index (χ0n) is 11.2. The molecule has 0 aliphatic heterocycles. The Labute approximate surface area is 108 Å². The lowest BCUT2D eigenvalue weighted by Crippen LogP contribution is -2.12. The van der Waals surface area contributed by atoms with Gasteiger partial charge in [-0.1, -0.05) is 6.92 Å². The van der Waals surface area contributed by atoms with Crippen molar-refractivity contribution in [2.24, 2.45) is 5.73 Å². The van der Waals surface area contributed by atoms with Crippen LogP contribution < -0.4 is 5.73 Å². The maximum atomic E-state index is 6.28. The highest BCUT2D eigenvalue weighted by atomic mass is 15.3. The summed E-state index contributed by atoms with van der Waals surface area (Å²) in [4.78, 5) is 4.37. The van der Waals surface area contributed by atoms with E-state index in [2.05, 4.69) is 17.0 Å². The van der Waals surface area contributed by atoms with E-state index in [1.54, 1.807) is 0 Å². The molecule has 0 aromatic carbocycles. The minimum Gasteiger partial charge on any atom is -0.320 e. The van der Waals surface area contributed by atoms with Gasteiger partial charge in [-0.15, -0.1) is 0 Å². The van der Waals surface area contributed by atoms with Crippen molar-refractivity contribution >= 4 is 0 Å². The molecule has 0 radical (unpaired) electrons. The van der Waals surface area contributed by atoms with Crippen molar-refractivity contribution in [2.75, 3.05) is 0 Å². The summed E-state index contributed by atoms with van der Waals surface area (Å²) >= 11 is 0. The number of nitrogens with zero attached hydrogens (tertiary/aromatic N) is 3. The van der Waals surface area contributed by atoms with Crippen LogP contribution in [0.15, 0.2) is 24.5 Å². The third-order valence-corrected chi connectivity index (χ3v) is 2.93. The molecule has 18 heavy (non-hydrogen) atoms. The Morgan fingerprint density at radius 3 is 2.50 bits per heavy atom. The lowest BCUT2D eigenvalue weighted by Gasteiger charge is -2.11. The van der Waals surface area contributed by atoms with E-state index in [9.17, 15) is 0 Å². The molecule has 96 valence electrons. The molecule has 2 aromatic heterocycles. The van der Waals surface area contributed by atoms with Crippen LogP contribution in [-0.2, 0) is 6.54 Å². The second kappa shape index (κ2) is 5.31. The first kappa shape index (κ1) is 12.8. The number of pyridine rings is 1. The van der Waals surface area contributed by atoms with Crippen molar-refractivity contribution in [3.8, 4) is 0 Å². The number of aryl methyl sites for hydroxylation is 3. The van der Waals surface area contributed by atoms with Crippen LogP contribution in [0.4, 0.5) is 0 Å². The molecular weight excluding hydrogens is 224 g/mol. The van der Waals surface area contributed by atoms with Gasteiger partial charge in [0, 0.05) is 29.7 Å². The van der Waals surface area contributed by atoms with Crippen LogP contribution in [0.2, 0.25) is 0 Å². The maximum Gasteiger partial charge on any atom is 0.0584 e. The lowest BCUT2D eigenvalue weighted by atomic mass is 10.0. The van der Waals surface area contributed by atoms with Gasteiger partial charge in [-0.25, -0.2) is 0 Å². The second-order valence-electron chi connectivity index (χ2n) is 4.70. The number of rotatable bonds is 4. The SMILES string of the molecule is CCCn1cc(C(N)c2cc(C)nc(C)c2)cn1. The summed E-state index contributed by atoms with van der Waals surface area (Å²) in [6.45, 7) is 7.05. The summed E-state index contributed by atoms with van der Waals surface area (Å²) in [5, 5.41) is 4.32. The molecule has 2 aromatic rings. The van der Waals surface area contributed by atoms with Crippen LogP contribution >= 0.6 is 0 Å². The minimum absolute atomic E-state index is 0.129. The molecule has 0 spiro atoms. The van der Waals surface area contributed by atoms with Gasteiger partial charge in [-0.3, -0.25) is 9.67 Å². The van der Waals surface area contributed by atoms with E-state index in [0.29, 0.717) is 0 Å². The fourth-order valence-electron chi connectivity index (χ4n) is 2.13. The van der Waals surface area contributed by atoms with E-state index in [1.165, 1.54) is 0 Å². The van der Waals surface area contributed by atoms with Crippen molar-refractivity contribution in [2.45, 2.75) is 39.8 Å². The first-order valence-electron chi connectivity index (χ1n) is 6.33. The Morgan fingerprint density at radius 1 is 1.22 bits per heavy atom. The third-order valence-electron chi connectivity index (χ3n) is 2.93. The molecule has 0 amide bonds. The van der Waals surface area contributed by atoms with Gasteiger partial charge in [0.25, 0.3) is 0 Å². The summed E-state index contributed by atoms with van der Waals surface area (Å²) in [6, 6.07) is 3.94. The second-order valence-corrected chi connectivity index (χ2v) is 4.70. The number of hydrogen-bond acceptors (Lipinski definition) is 3. The fraction of sp³-hybridized carbons (Fsp3) is 0.429. The first-order chi connectivity index (χ1) is 8.60. The van der Waals surface area contributed by atoms with Crippen molar-refractivity contribution in [3.63, 3.8) is 0 Å². The number of nitrogens with two attached hydrogens (primary N) is 1. The summed E-state index contributed by atoms with van der Waals surface area (Å²) in [7, 11) is 0. The van der Waals surface area contributed by atoms with Crippen LogP contribution in [0.3, 0.4) is 0 Å². The number of aromatic nitrogens is 3. The van der Waals surface area contributed by atoms with Gasteiger partial charge in [0.2, 0.25) is 0 Å². The zero-order valence-corrected chi connectivity index (χ0v) is 11.2. The zero-order chi connectivity index (χ0) is 13.1. The van der Waals surface area contributed by atoms with Crippen LogP contribution in [0.1, 0.15) is 41.9 Å². The molecule has 0 saturated heterocycles. The summed E-state index contributed by atoms with van der Waals surface area (Å²) in [6.07, 6.45) is 4.95. The quantitative estimate of drug-likeness (QED) is 0.898. The Bertz CT molecular complexity index is 510. The Balaban J connectivity index is 2.26. The van der Waals surface area contributed by atoms with Gasteiger partial charge < -0.3 is 5.73 Å². The summed E-state index contributed by atoms with van der Waals surface area (Å²) in [5.74, 6) is 0. The molecule has 2 rings (SSSR count). The van der Waals surface area contributed by atoms with Crippen LogP contribution in [0, 0.1) is 13.8 Å². The summed E-state index contributed by atoms with van der Waals surface area (Å²) < 4.78 is 1.94. The highest BCUT2D eigenvalue weighted by Gasteiger charge is 2.12. The Morgan fingerprint density at radius 2 is 1.89 bits per heavy atom. The average Bonchev–Trinajstić information content (AvgIpc) is 2.76. The molecule has 0 fully saturated rings. The van der Waals surface area contributed by atoms with Crippen molar-refractivity contribution < 1.29 is 0 Å². The van der Waals surface area contributed by atoms with Gasteiger partial charge in [0.15, 0.2) is 0 Å². The molecule has 1 atom stereocenters. The van der Waals surface area contributed by atoms with Crippen LogP contribution in [0.5, 0.6) is 0 Å². The Hall–Kier alpha value is -1.68.